The second-order valence-corrected chi connectivity index (χ2v) is 9.05. The fraction of sp³-hybridized carbons (Fsp3) is 0.385. The molecule has 5 rings (SSSR count). The molecule has 0 radical (unpaired) electrons. The van der Waals surface area contributed by atoms with Crippen LogP contribution in [0.1, 0.15) is 23.1 Å². The summed E-state index contributed by atoms with van der Waals surface area (Å²) in [6.07, 6.45) is 8.15. The van der Waals surface area contributed by atoms with E-state index in [1.54, 1.807) is 6.20 Å². The van der Waals surface area contributed by atoms with Crippen LogP contribution in [0.15, 0.2) is 61.1 Å². The minimum Gasteiger partial charge on any atom is -0.353 e. The normalized spacial score (nSPS) is 16.0. The molecule has 1 aliphatic heterocycles. The Hall–Kier alpha value is -3.48. The van der Waals surface area contributed by atoms with Gasteiger partial charge in [-0.2, -0.15) is 4.98 Å². The smallest absolute Gasteiger partial charge is 0.227 e. The van der Waals surface area contributed by atoms with E-state index < -0.39 is 0 Å². The molecule has 1 fully saturated rings. The third-order valence-electron chi connectivity index (χ3n) is 6.67. The molecule has 1 saturated heterocycles. The first-order chi connectivity index (χ1) is 16.2. The lowest BCUT2D eigenvalue weighted by Crippen LogP contribution is -2.49. The minimum atomic E-state index is 0.284. The molecule has 0 N–H and O–H groups in total. The third kappa shape index (κ3) is 4.97. The molecule has 1 amide bonds. The van der Waals surface area contributed by atoms with Crippen molar-refractivity contribution in [3.8, 4) is 0 Å². The summed E-state index contributed by atoms with van der Waals surface area (Å²) in [6.45, 7) is 3.76. The number of piperazine rings is 1. The maximum absolute atomic E-state index is 12.9. The summed E-state index contributed by atoms with van der Waals surface area (Å²) >= 11 is 0. The molecule has 1 aromatic carbocycles. The van der Waals surface area contributed by atoms with Crippen LogP contribution in [-0.4, -0.2) is 59.0 Å². The number of anilines is 2. The Morgan fingerprint density at radius 1 is 1.00 bits per heavy atom. The zero-order valence-electron chi connectivity index (χ0n) is 19.1. The van der Waals surface area contributed by atoms with E-state index in [9.17, 15) is 4.79 Å². The van der Waals surface area contributed by atoms with Crippen LogP contribution in [0.5, 0.6) is 0 Å². The van der Waals surface area contributed by atoms with E-state index in [0.29, 0.717) is 24.8 Å². The molecule has 1 aliphatic carbocycles. The first-order valence-electron chi connectivity index (χ1n) is 11.7. The highest BCUT2D eigenvalue weighted by molar-refractivity contribution is 5.77. The lowest BCUT2D eigenvalue weighted by atomic mass is 10.0. The van der Waals surface area contributed by atoms with Crippen LogP contribution in [-0.2, 0) is 24.2 Å². The number of carbonyl (C=O) groups is 1. The van der Waals surface area contributed by atoms with E-state index in [1.165, 1.54) is 11.1 Å². The molecule has 0 unspecified atom stereocenters. The molecule has 7 heteroatoms. The van der Waals surface area contributed by atoms with Gasteiger partial charge in [0.1, 0.15) is 5.82 Å². The van der Waals surface area contributed by atoms with Crippen molar-refractivity contribution in [1.82, 2.24) is 19.9 Å². The molecule has 0 saturated carbocycles. The second-order valence-electron chi connectivity index (χ2n) is 9.05. The van der Waals surface area contributed by atoms with Crippen molar-refractivity contribution >= 4 is 17.7 Å². The summed E-state index contributed by atoms with van der Waals surface area (Å²) in [5, 5.41) is 0. The first-order valence-corrected chi connectivity index (χ1v) is 11.7. The number of hydrogen-bond acceptors (Lipinski definition) is 6. The maximum Gasteiger partial charge on any atom is 0.227 e. The highest BCUT2D eigenvalue weighted by Gasteiger charge is 2.27. The number of aromatic nitrogens is 3. The maximum atomic E-state index is 12.9. The number of benzene rings is 1. The molecular formula is C26H30N6O. The van der Waals surface area contributed by atoms with Crippen molar-refractivity contribution in [2.45, 2.75) is 25.8 Å². The number of nitrogens with zero attached hydrogens (tertiary/aromatic N) is 6. The molecule has 3 heterocycles. The zero-order chi connectivity index (χ0) is 22.6. The molecule has 7 nitrogen and oxygen atoms in total. The average molecular weight is 443 g/mol. The summed E-state index contributed by atoms with van der Waals surface area (Å²) in [6, 6.07) is 14.5. The van der Waals surface area contributed by atoms with Gasteiger partial charge < -0.3 is 14.7 Å². The Kier molecular flexibility index (Phi) is 6.19. The Morgan fingerprint density at radius 3 is 2.45 bits per heavy atom. The van der Waals surface area contributed by atoms with Crippen LogP contribution < -0.4 is 9.80 Å². The Balaban J connectivity index is 1.14. The zero-order valence-corrected chi connectivity index (χ0v) is 19.1. The lowest BCUT2D eigenvalue weighted by molar-refractivity contribution is -0.132. The van der Waals surface area contributed by atoms with Gasteiger partial charge in [0, 0.05) is 64.8 Å². The van der Waals surface area contributed by atoms with Gasteiger partial charge in [0.15, 0.2) is 0 Å². The summed E-state index contributed by atoms with van der Waals surface area (Å²) < 4.78 is 0. The summed E-state index contributed by atoms with van der Waals surface area (Å²) in [5.41, 5.74) is 3.94. The van der Waals surface area contributed by atoms with Gasteiger partial charge in [-0.15, -0.1) is 0 Å². The largest absolute Gasteiger partial charge is 0.353 e. The van der Waals surface area contributed by atoms with Crippen LogP contribution in [0.4, 0.5) is 11.8 Å². The SMILES string of the molecule is CN(Cc1cccnc1)c1nccc(N2CCN(C(=O)CC3Cc4ccccc4C3)CC2)n1. The molecule has 0 bridgehead atoms. The van der Waals surface area contributed by atoms with Gasteiger partial charge in [-0.1, -0.05) is 30.3 Å². The number of hydrogen-bond donors (Lipinski definition) is 0. The number of pyridine rings is 1. The van der Waals surface area contributed by atoms with E-state index in [0.717, 1.165) is 50.4 Å². The fourth-order valence-corrected chi connectivity index (χ4v) is 4.89. The van der Waals surface area contributed by atoms with E-state index in [2.05, 4.69) is 39.1 Å². The van der Waals surface area contributed by atoms with Crippen molar-refractivity contribution in [1.29, 1.82) is 0 Å². The van der Waals surface area contributed by atoms with E-state index in [1.807, 2.05) is 47.4 Å². The van der Waals surface area contributed by atoms with Crippen LogP contribution in [0, 0.1) is 5.92 Å². The van der Waals surface area contributed by atoms with Gasteiger partial charge in [-0.25, -0.2) is 4.98 Å². The average Bonchev–Trinajstić information content (AvgIpc) is 3.27. The van der Waals surface area contributed by atoms with Gasteiger partial charge in [-0.3, -0.25) is 9.78 Å². The summed E-state index contributed by atoms with van der Waals surface area (Å²) in [5.74, 6) is 2.33. The van der Waals surface area contributed by atoms with Gasteiger partial charge >= 0.3 is 0 Å². The van der Waals surface area contributed by atoms with E-state index >= 15 is 0 Å². The number of rotatable bonds is 6. The lowest BCUT2D eigenvalue weighted by Gasteiger charge is -2.36. The van der Waals surface area contributed by atoms with Crippen molar-refractivity contribution in [3.05, 3.63) is 77.7 Å². The van der Waals surface area contributed by atoms with Gasteiger partial charge in [0.2, 0.25) is 11.9 Å². The minimum absolute atomic E-state index is 0.284. The molecule has 33 heavy (non-hydrogen) atoms. The monoisotopic (exact) mass is 442 g/mol. The Labute approximate surface area is 195 Å². The molecule has 0 spiro atoms. The van der Waals surface area contributed by atoms with Crippen LogP contribution in [0.2, 0.25) is 0 Å². The molecule has 2 aliphatic rings. The molecule has 0 atom stereocenters. The van der Waals surface area contributed by atoms with Gasteiger partial charge in [0.25, 0.3) is 0 Å². The van der Waals surface area contributed by atoms with E-state index in [-0.39, 0.29) is 5.91 Å². The Bertz CT molecular complexity index is 1070. The molecule has 170 valence electrons. The van der Waals surface area contributed by atoms with Crippen molar-refractivity contribution in [2.24, 2.45) is 5.92 Å². The highest BCUT2D eigenvalue weighted by atomic mass is 16.2. The predicted octanol–water partition coefficient (Wildman–Crippen LogP) is 2.96. The number of carbonyl (C=O) groups excluding carboxylic acids is 1. The second kappa shape index (κ2) is 9.57. The van der Waals surface area contributed by atoms with Gasteiger partial charge in [0.05, 0.1) is 0 Å². The van der Waals surface area contributed by atoms with Gasteiger partial charge in [-0.05, 0) is 47.6 Å². The number of amides is 1. The first kappa shape index (κ1) is 21.4. The number of fused-ring (bicyclic) bond motifs is 1. The van der Waals surface area contributed by atoms with Crippen molar-refractivity contribution in [3.63, 3.8) is 0 Å². The predicted molar refractivity (Wildman–Crippen MR) is 129 cm³/mol. The van der Waals surface area contributed by atoms with Crippen molar-refractivity contribution in [2.75, 3.05) is 43.0 Å². The molecule has 3 aromatic rings. The van der Waals surface area contributed by atoms with Crippen LogP contribution in [0.3, 0.4) is 0 Å². The van der Waals surface area contributed by atoms with Crippen molar-refractivity contribution < 1.29 is 4.79 Å². The third-order valence-corrected chi connectivity index (χ3v) is 6.67. The standard InChI is InChI=1S/C26H30N6O/c1-30(19-20-5-4-9-27-18-20)26-28-10-8-24(29-26)31-11-13-32(14-12-31)25(33)17-21-15-22-6-2-3-7-23(22)16-21/h2-10,18,21H,11-17,19H2,1H3. The van der Waals surface area contributed by atoms with Crippen LogP contribution >= 0.6 is 0 Å². The quantitative estimate of drug-likeness (QED) is 0.585. The van der Waals surface area contributed by atoms with Crippen LogP contribution in [0.25, 0.3) is 0 Å². The highest BCUT2D eigenvalue weighted by Crippen LogP contribution is 2.29. The summed E-state index contributed by atoms with van der Waals surface area (Å²) in [7, 11) is 1.99. The Morgan fingerprint density at radius 2 is 1.76 bits per heavy atom. The molecule has 2 aromatic heterocycles. The molecular weight excluding hydrogens is 412 g/mol. The topological polar surface area (TPSA) is 65.5 Å². The summed E-state index contributed by atoms with van der Waals surface area (Å²) in [4.78, 5) is 32.7. The van der Waals surface area contributed by atoms with E-state index in [4.69, 9.17) is 4.98 Å². The fourth-order valence-electron chi connectivity index (χ4n) is 4.89.